The average molecular weight is 446 g/mol. The van der Waals surface area contributed by atoms with Crippen molar-refractivity contribution in [3.8, 4) is 11.5 Å². The molecule has 1 N–H and O–H groups in total. The lowest BCUT2D eigenvalue weighted by molar-refractivity contribution is -0.120. The summed E-state index contributed by atoms with van der Waals surface area (Å²) in [6.07, 6.45) is 5.85. The Morgan fingerprint density at radius 3 is 2.70 bits per heavy atom. The van der Waals surface area contributed by atoms with Crippen LogP contribution in [0.5, 0.6) is 11.5 Å². The molecule has 0 radical (unpaired) electrons. The molecule has 0 unspecified atom stereocenters. The van der Waals surface area contributed by atoms with Crippen molar-refractivity contribution in [2.75, 3.05) is 49.0 Å². The van der Waals surface area contributed by atoms with Crippen molar-refractivity contribution >= 4 is 23.1 Å². The number of rotatable bonds is 5. The highest BCUT2D eigenvalue weighted by molar-refractivity contribution is 5.94. The van der Waals surface area contributed by atoms with Crippen LogP contribution in [0.3, 0.4) is 0 Å². The van der Waals surface area contributed by atoms with E-state index in [9.17, 15) is 4.79 Å². The molecule has 3 heterocycles. The maximum absolute atomic E-state index is 13.6. The van der Waals surface area contributed by atoms with Crippen LogP contribution >= 0.6 is 0 Å². The number of anilines is 3. The molecule has 1 fully saturated rings. The number of fused-ring (bicyclic) bond motifs is 3. The number of nitrogens with zero attached hydrogens (tertiary/aromatic N) is 4. The summed E-state index contributed by atoms with van der Waals surface area (Å²) >= 11 is 0. The van der Waals surface area contributed by atoms with Crippen LogP contribution in [0.1, 0.15) is 5.56 Å². The highest BCUT2D eigenvalue weighted by Gasteiger charge is 2.41. The van der Waals surface area contributed by atoms with Gasteiger partial charge in [-0.2, -0.15) is 0 Å². The Balaban J connectivity index is 1.43. The highest BCUT2D eigenvalue weighted by Crippen LogP contribution is 2.37. The molecular formula is C25H27N5O3. The number of piperazine rings is 1. The molecule has 0 saturated carbocycles. The third-order valence-electron chi connectivity index (χ3n) is 6.49. The van der Waals surface area contributed by atoms with E-state index in [1.807, 2.05) is 12.1 Å². The van der Waals surface area contributed by atoms with Crippen molar-refractivity contribution in [2.24, 2.45) is 5.92 Å². The van der Waals surface area contributed by atoms with Crippen molar-refractivity contribution in [3.05, 3.63) is 66.6 Å². The fraction of sp³-hybridized carbons (Fsp3) is 0.320. The minimum absolute atomic E-state index is 0.00674. The Hall–Kier alpha value is -3.81. The van der Waals surface area contributed by atoms with E-state index in [0.717, 1.165) is 18.9 Å². The van der Waals surface area contributed by atoms with Gasteiger partial charge in [-0.3, -0.25) is 9.78 Å². The maximum atomic E-state index is 13.6. The molecule has 3 aromatic rings. The molecule has 5 rings (SSSR count). The van der Waals surface area contributed by atoms with Crippen molar-refractivity contribution < 1.29 is 14.3 Å². The molecule has 0 aliphatic carbocycles. The summed E-state index contributed by atoms with van der Waals surface area (Å²) in [5, 5.41) is 3.11. The first-order valence-corrected chi connectivity index (χ1v) is 11.1. The zero-order chi connectivity index (χ0) is 22.8. The second-order valence-corrected chi connectivity index (χ2v) is 8.27. The van der Waals surface area contributed by atoms with Crippen molar-refractivity contribution in [3.63, 3.8) is 0 Å². The normalized spacial score (nSPS) is 19.3. The van der Waals surface area contributed by atoms with Gasteiger partial charge in [0.15, 0.2) is 11.5 Å². The van der Waals surface area contributed by atoms with E-state index in [1.54, 1.807) is 44.9 Å². The first kappa shape index (κ1) is 21.1. The van der Waals surface area contributed by atoms with Crippen LogP contribution in [0, 0.1) is 5.92 Å². The number of aromatic nitrogens is 2. The van der Waals surface area contributed by atoms with Crippen LogP contribution in [0.2, 0.25) is 0 Å². The first-order valence-electron chi connectivity index (χ1n) is 11.1. The standard InChI is InChI=1S/C25H27N5O3/c1-32-22-8-7-18(14-23(22)33-2)28-25(31)19-13-17-5-3-4-6-20(17)30-12-11-29(16-21(19)30)24-15-26-9-10-27-24/h3-10,14-15,19,21H,11-13,16H2,1-2H3,(H,28,31)/t19-,21-/m1/s1. The fourth-order valence-corrected chi connectivity index (χ4v) is 4.87. The van der Waals surface area contributed by atoms with E-state index in [0.29, 0.717) is 30.2 Å². The molecule has 8 nitrogen and oxygen atoms in total. The number of hydrogen-bond donors (Lipinski definition) is 1. The van der Waals surface area contributed by atoms with E-state index in [4.69, 9.17) is 9.47 Å². The Bertz CT molecular complexity index is 1140. The van der Waals surface area contributed by atoms with Gasteiger partial charge in [-0.05, 0) is 30.2 Å². The molecule has 2 aliphatic rings. The van der Waals surface area contributed by atoms with E-state index in [2.05, 4.69) is 43.3 Å². The van der Waals surface area contributed by atoms with E-state index in [1.165, 1.54) is 11.3 Å². The Morgan fingerprint density at radius 2 is 1.91 bits per heavy atom. The zero-order valence-corrected chi connectivity index (χ0v) is 18.8. The van der Waals surface area contributed by atoms with Crippen molar-refractivity contribution in [1.82, 2.24) is 9.97 Å². The largest absolute Gasteiger partial charge is 0.493 e. The summed E-state index contributed by atoms with van der Waals surface area (Å²) < 4.78 is 10.7. The number of ether oxygens (including phenoxy) is 2. The number of carbonyl (C=O) groups is 1. The van der Waals surface area contributed by atoms with Crippen LogP contribution in [0.25, 0.3) is 0 Å². The highest BCUT2D eigenvalue weighted by atomic mass is 16.5. The van der Waals surface area contributed by atoms with Crippen molar-refractivity contribution in [2.45, 2.75) is 12.5 Å². The molecule has 8 heteroatoms. The second-order valence-electron chi connectivity index (χ2n) is 8.27. The van der Waals surface area contributed by atoms with Gasteiger partial charge in [0.05, 0.1) is 32.4 Å². The molecule has 0 spiro atoms. The van der Waals surface area contributed by atoms with Gasteiger partial charge in [0.2, 0.25) is 5.91 Å². The van der Waals surface area contributed by atoms with Gasteiger partial charge >= 0.3 is 0 Å². The summed E-state index contributed by atoms with van der Waals surface area (Å²) in [7, 11) is 3.18. The van der Waals surface area contributed by atoms with Crippen LogP contribution in [-0.2, 0) is 11.2 Å². The SMILES string of the molecule is COc1ccc(NC(=O)[C@@H]2Cc3ccccc3N3CCN(c4cnccn4)C[C@H]23)cc1OC. The third kappa shape index (κ3) is 4.04. The number of para-hydroxylation sites is 1. The smallest absolute Gasteiger partial charge is 0.229 e. The van der Waals surface area contributed by atoms with Gasteiger partial charge in [0.1, 0.15) is 5.82 Å². The zero-order valence-electron chi connectivity index (χ0n) is 18.8. The van der Waals surface area contributed by atoms with Crippen LogP contribution in [0.4, 0.5) is 17.2 Å². The summed E-state index contributed by atoms with van der Waals surface area (Å²) in [5.41, 5.74) is 3.11. The summed E-state index contributed by atoms with van der Waals surface area (Å²) in [6.45, 7) is 2.35. The summed E-state index contributed by atoms with van der Waals surface area (Å²) in [5.74, 6) is 1.83. The number of carbonyl (C=O) groups excluding carboxylic acids is 1. The molecule has 1 saturated heterocycles. The number of nitrogens with one attached hydrogen (secondary N) is 1. The van der Waals surface area contributed by atoms with E-state index >= 15 is 0 Å². The van der Waals surface area contributed by atoms with Gasteiger partial charge in [0.25, 0.3) is 0 Å². The summed E-state index contributed by atoms with van der Waals surface area (Å²) in [6, 6.07) is 13.8. The maximum Gasteiger partial charge on any atom is 0.229 e. The summed E-state index contributed by atoms with van der Waals surface area (Å²) in [4.78, 5) is 26.9. The lowest BCUT2D eigenvalue weighted by atomic mass is 9.83. The van der Waals surface area contributed by atoms with Crippen LogP contribution in [0.15, 0.2) is 61.1 Å². The van der Waals surface area contributed by atoms with Gasteiger partial charge in [-0.1, -0.05) is 18.2 Å². The molecule has 2 aromatic carbocycles. The molecular weight excluding hydrogens is 418 g/mol. The molecule has 1 aromatic heterocycles. The molecule has 1 amide bonds. The minimum atomic E-state index is -0.215. The predicted octanol–water partition coefficient (Wildman–Crippen LogP) is 3.00. The first-order chi connectivity index (χ1) is 16.2. The van der Waals surface area contributed by atoms with E-state index in [-0.39, 0.29) is 17.9 Å². The Morgan fingerprint density at radius 1 is 1.06 bits per heavy atom. The minimum Gasteiger partial charge on any atom is -0.493 e. The quantitative estimate of drug-likeness (QED) is 0.647. The molecule has 33 heavy (non-hydrogen) atoms. The number of benzene rings is 2. The lowest BCUT2D eigenvalue weighted by Crippen LogP contribution is -2.60. The second kappa shape index (κ2) is 8.97. The predicted molar refractivity (Wildman–Crippen MR) is 127 cm³/mol. The molecule has 170 valence electrons. The van der Waals surface area contributed by atoms with Crippen LogP contribution < -0.4 is 24.6 Å². The number of amides is 1. The van der Waals surface area contributed by atoms with Gasteiger partial charge in [0, 0.05) is 49.5 Å². The van der Waals surface area contributed by atoms with Gasteiger partial charge in [-0.15, -0.1) is 0 Å². The average Bonchev–Trinajstić information content (AvgIpc) is 2.88. The number of hydrogen-bond acceptors (Lipinski definition) is 7. The fourth-order valence-electron chi connectivity index (χ4n) is 4.87. The topological polar surface area (TPSA) is 79.8 Å². The van der Waals surface area contributed by atoms with E-state index < -0.39 is 0 Å². The van der Waals surface area contributed by atoms with Gasteiger partial charge in [-0.25, -0.2) is 4.98 Å². The monoisotopic (exact) mass is 445 g/mol. The van der Waals surface area contributed by atoms with Gasteiger partial charge < -0.3 is 24.6 Å². The third-order valence-corrected chi connectivity index (χ3v) is 6.49. The molecule has 2 aliphatic heterocycles. The molecule has 0 bridgehead atoms. The Labute approximate surface area is 193 Å². The Kier molecular flexibility index (Phi) is 5.73. The van der Waals surface area contributed by atoms with Crippen molar-refractivity contribution in [1.29, 1.82) is 0 Å². The lowest BCUT2D eigenvalue weighted by Gasteiger charge is -2.49. The molecule has 2 atom stereocenters. The van der Waals surface area contributed by atoms with Crippen LogP contribution in [-0.4, -0.2) is 55.8 Å². The number of methoxy groups -OCH3 is 2.